The van der Waals surface area contributed by atoms with Crippen LogP contribution in [0.2, 0.25) is 0 Å². The Morgan fingerprint density at radius 2 is 1.92 bits per heavy atom. The second kappa shape index (κ2) is 7.81. The molecular formula is C19H23NO4. The Morgan fingerprint density at radius 1 is 1.25 bits per heavy atom. The maximum absolute atomic E-state index is 13.1. The van der Waals surface area contributed by atoms with E-state index in [1.807, 2.05) is 44.2 Å². The SMILES string of the molecule is CCC(C)N(Cc1ccccc1)C(=O)c1c(C)coc1CC(=O)O. The normalized spacial score (nSPS) is 12.0. The minimum absolute atomic E-state index is 0.0321. The number of furan rings is 1. The van der Waals surface area contributed by atoms with E-state index >= 15 is 0 Å². The molecular weight excluding hydrogens is 306 g/mol. The Bertz CT molecular complexity index is 705. The van der Waals surface area contributed by atoms with Gasteiger partial charge in [-0.1, -0.05) is 37.3 Å². The average molecular weight is 329 g/mol. The molecule has 0 radical (unpaired) electrons. The van der Waals surface area contributed by atoms with Crippen LogP contribution in [0.25, 0.3) is 0 Å². The smallest absolute Gasteiger partial charge is 0.311 e. The maximum atomic E-state index is 13.1. The van der Waals surface area contributed by atoms with Crippen molar-refractivity contribution in [2.75, 3.05) is 0 Å². The minimum Gasteiger partial charge on any atom is -0.481 e. The van der Waals surface area contributed by atoms with Crippen molar-refractivity contribution >= 4 is 11.9 Å². The van der Waals surface area contributed by atoms with Crippen molar-refractivity contribution in [1.82, 2.24) is 4.90 Å². The molecule has 1 amide bonds. The van der Waals surface area contributed by atoms with Crippen LogP contribution in [0.5, 0.6) is 0 Å². The summed E-state index contributed by atoms with van der Waals surface area (Å²) in [5.74, 6) is -0.987. The molecule has 0 aliphatic carbocycles. The van der Waals surface area contributed by atoms with E-state index in [-0.39, 0.29) is 24.1 Å². The van der Waals surface area contributed by atoms with Gasteiger partial charge >= 0.3 is 5.97 Å². The summed E-state index contributed by atoms with van der Waals surface area (Å²) in [4.78, 5) is 25.9. The van der Waals surface area contributed by atoms with Crippen molar-refractivity contribution in [3.05, 3.63) is 59.0 Å². The van der Waals surface area contributed by atoms with Gasteiger partial charge < -0.3 is 14.4 Å². The monoisotopic (exact) mass is 329 g/mol. The van der Waals surface area contributed by atoms with E-state index in [1.54, 1.807) is 11.8 Å². The molecule has 1 unspecified atom stereocenters. The highest BCUT2D eigenvalue weighted by Crippen LogP contribution is 2.23. The van der Waals surface area contributed by atoms with E-state index in [2.05, 4.69) is 0 Å². The third-order valence-corrected chi connectivity index (χ3v) is 4.16. The Kier molecular flexibility index (Phi) is 5.79. The van der Waals surface area contributed by atoms with Crippen molar-refractivity contribution in [2.45, 2.75) is 46.2 Å². The molecule has 0 spiro atoms. The standard InChI is InChI=1S/C19H23NO4/c1-4-14(3)20(11-15-8-6-5-7-9-15)19(23)18-13(2)12-24-16(18)10-17(21)22/h5-9,12,14H,4,10-11H2,1-3H3,(H,21,22). The van der Waals surface area contributed by atoms with E-state index in [0.29, 0.717) is 17.7 Å². The van der Waals surface area contributed by atoms with Crippen molar-refractivity contribution < 1.29 is 19.1 Å². The third-order valence-electron chi connectivity index (χ3n) is 4.16. The predicted octanol–water partition coefficient (Wildman–Crippen LogP) is 3.66. The van der Waals surface area contributed by atoms with Gasteiger partial charge in [0.2, 0.25) is 0 Å². The largest absolute Gasteiger partial charge is 0.481 e. The number of carbonyl (C=O) groups is 2. The van der Waals surface area contributed by atoms with E-state index in [9.17, 15) is 9.59 Å². The molecule has 2 rings (SSSR count). The first-order valence-electron chi connectivity index (χ1n) is 8.07. The van der Waals surface area contributed by atoms with Gasteiger partial charge in [-0.3, -0.25) is 9.59 Å². The first-order chi connectivity index (χ1) is 11.4. The van der Waals surface area contributed by atoms with Gasteiger partial charge in [-0.25, -0.2) is 0 Å². The number of carbonyl (C=O) groups excluding carboxylic acids is 1. The van der Waals surface area contributed by atoms with Crippen LogP contribution in [-0.4, -0.2) is 27.9 Å². The molecule has 0 bridgehead atoms. The van der Waals surface area contributed by atoms with Gasteiger partial charge in [0, 0.05) is 18.2 Å². The fraction of sp³-hybridized carbons (Fsp3) is 0.368. The Labute approximate surface area is 141 Å². The third kappa shape index (κ3) is 4.04. The second-order valence-electron chi connectivity index (χ2n) is 5.96. The number of aliphatic carboxylic acids is 1. The first-order valence-corrected chi connectivity index (χ1v) is 8.07. The zero-order valence-electron chi connectivity index (χ0n) is 14.3. The lowest BCUT2D eigenvalue weighted by Crippen LogP contribution is -2.38. The number of carboxylic acid groups (broad SMARTS) is 1. The molecule has 1 heterocycles. The summed E-state index contributed by atoms with van der Waals surface area (Å²) in [6.07, 6.45) is 1.96. The fourth-order valence-electron chi connectivity index (χ4n) is 2.62. The van der Waals surface area contributed by atoms with Gasteiger partial charge in [-0.05, 0) is 25.8 Å². The van der Waals surface area contributed by atoms with Crippen LogP contribution in [0.1, 0.15) is 47.5 Å². The average Bonchev–Trinajstić information content (AvgIpc) is 2.92. The van der Waals surface area contributed by atoms with Crippen LogP contribution < -0.4 is 0 Å². The Morgan fingerprint density at radius 3 is 2.50 bits per heavy atom. The summed E-state index contributed by atoms with van der Waals surface area (Å²) >= 11 is 0. The summed E-state index contributed by atoms with van der Waals surface area (Å²) in [5.41, 5.74) is 2.07. The van der Waals surface area contributed by atoms with E-state index in [0.717, 1.165) is 12.0 Å². The zero-order valence-corrected chi connectivity index (χ0v) is 14.3. The minimum atomic E-state index is -1.02. The van der Waals surface area contributed by atoms with Gasteiger partial charge in [-0.15, -0.1) is 0 Å². The van der Waals surface area contributed by atoms with E-state index < -0.39 is 5.97 Å². The number of aryl methyl sites for hydroxylation is 1. The molecule has 2 aromatic rings. The zero-order chi connectivity index (χ0) is 17.7. The highest BCUT2D eigenvalue weighted by Gasteiger charge is 2.27. The molecule has 5 nitrogen and oxygen atoms in total. The second-order valence-corrected chi connectivity index (χ2v) is 5.96. The number of amides is 1. The number of rotatable bonds is 7. The highest BCUT2D eigenvalue weighted by molar-refractivity contribution is 5.97. The van der Waals surface area contributed by atoms with Crippen molar-refractivity contribution in [2.24, 2.45) is 0 Å². The Hall–Kier alpha value is -2.56. The molecule has 0 aliphatic rings. The summed E-state index contributed by atoms with van der Waals surface area (Å²) in [6, 6.07) is 9.79. The van der Waals surface area contributed by atoms with Crippen LogP contribution in [0.4, 0.5) is 0 Å². The molecule has 0 saturated carbocycles. The summed E-state index contributed by atoms with van der Waals surface area (Å²) < 4.78 is 5.31. The molecule has 1 N–H and O–H groups in total. The Balaban J connectivity index is 2.34. The highest BCUT2D eigenvalue weighted by atomic mass is 16.4. The quantitative estimate of drug-likeness (QED) is 0.841. The van der Waals surface area contributed by atoms with Gasteiger partial charge in [0.25, 0.3) is 5.91 Å². The van der Waals surface area contributed by atoms with Crippen molar-refractivity contribution in [3.63, 3.8) is 0 Å². The van der Waals surface area contributed by atoms with Crippen LogP contribution >= 0.6 is 0 Å². The van der Waals surface area contributed by atoms with Crippen molar-refractivity contribution in [1.29, 1.82) is 0 Å². The van der Waals surface area contributed by atoms with Crippen molar-refractivity contribution in [3.8, 4) is 0 Å². The van der Waals surface area contributed by atoms with Crippen LogP contribution in [-0.2, 0) is 17.8 Å². The van der Waals surface area contributed by atoms with Crippen LogP contribution in [0, 0.1) is 6.92 Å². The molecule has 1 atom stereocenters. The molecule has 5 heteroatoms. The summed E-state index contributed by atoms with van der Waals surface area (Å²) in [5, 5.41) is 9.03. The van der Waals surface area contributed by atoms with E-state index in [1.165, 1.54) is 6.26 Å². The molecule has 24 heavy (non-hydrogen) atoms. The van der Waals surface area contributed by atoms with Gasteiger partial charge in [-0.2, -0.15) is 0 Å². The predicted molar refractivity (Wildman–Crippen MR) is 90.9 cm³/mol. The summed E-state index contributed by atoms with van der Waals surface area (Å²) in [6.45, 7) is 6.26. The van der Waals surface area contributed by atoms with Gasteiger partial charge in [0.1, 0.15) is 12.2 Å². The molecule has 1 aromatic heterocycles. The number of nitrogens with zero attached hydrogens (tertiary/aromatic N) is 1. The first kappa shape index (κ1) is 17.8. The van der Waals surface area contributed by atoms with Gasteiger partial charge in [0.05, 0.1) is 11.8 Å². The van der Waals surface area contributed by atoms with Gasteiger partial charge in [0.15, 0.2) is 0 Å². The lowest BCUT2D eigenvalue weighted by Gasteiger charge is -2.29. The molecule has 0 aliphatic heterocycles. The number of hydrogen-bond acceptors (Lipinski definition) is 3. The fourth-order valence-corrected chi connectivity index (χ4v) is 2.62. The number of benzene rings is 1. The van der Waals surface area contributed by atoms with Crippen LogP contribution in [0.3, 0.4) is 0 Å². The topological polar surface area (TPSA) is 70.8 Å². The molecule has 0 saturated heterocycles. The molecule has 1 aromatic carbocycles. The van der Waals surface area contributed by atoms with Crippen LogP contribution in [0.15, 0.2) is 41.0 Å². The lowest BCUT2D eigenvalue weighted by atomic mass is 10.1. The molecule has 128 valence electrons. The maximum Gasteiger partial charge on any atom is 0.311 e. The number of carboxylic acids is 1. The van der Waals surface area contributed by atoms with E-state index in [4.69, 9.17) is 9.52 Å². The summed E-state index contributed by atoms with van der Waals surface area (Å²) in [7, 11) is 0. The lowest BCUT2D eigenvalue weighted by molar-refractivity contribution is -0.136. The molecule has 0 fully saturated rings. The number of hydrogen-bond donors (Lipinski definition) is 1.